The first-order valence-corrected chi connectivity index (χ1v) is 8.23. The van der Waals surface area contributed by atoms with Gasteiger partial charge in [-0.25, -0.2) is 0 Å². The fraction of sp³-hybridized carbons (Fsp3) is 0.444. The lowest BCUT2D eigenvalue weighted by atomic mass is 10.1. The number of hydrogen-bond donors (Lipinski definition) is 0. The third-order valence-corrected chi connectivity index (χ3v) is 4.98. The van der Waals surface area contributed by atoms with E-state index in [2.05, 4.69) is 35.1 Å². The van der Waals surface area contributed by atoms with Crippen molar-refractivity contribution in [3.63, 3.8) is 0 Å². The molecule has 2 aliphatic rings. The summed E-state index contributed by atoms with van der Waals surface area (Å²) in [5.74, 6) is 1.10. The number of hydrogen-bond acceptors (Lipinski definition) is 3. The smallest absolute Gasteiger partial charge is 0.250 e. The van der Waals surface area contributed by atoms with Gasteiger partial charge in [0.05, 0.1) is 5.69 Å². The Morgan fingerprint density at radius 3 is 2.74 bits per heavy atom. The van der Waals surface area contributed by atoms with Crippen LogP contribution in [0, 0.1) is 13.8 Å². The first-order valence-electron chi connectivity index (χ1n) is 8.23. The predicted molar refractivity (Wildman–Crippen MR) is 90.9 cm³/mol. The van der Waals surface area contributed by atoms with E-state index < -0.39 is 0 Å². The molecule has 0 aliphatic carbocycles. The normalized spacial score (nSPS) is 20.5. The van der Waals surface area contributed by atoms with Gasteiger partial charge in [0, 0.05) is 31.9 Å². The molecule has 1 aromatic carbocycles. The fourth-order valence-corrected chi connectivity index (χ4v) is 3.87. The zero-order chi connectivity index (χ0) is 16.1. The maximum absolute atomic E-state index is 13.0. The number of fused-ring (bicyclic) bond motifs is 1. The summed E-state index contributed by atoms with van der Waals surface area (Å²) in [6, 6.07) is 8.51. The van der Waals surface area contributed by atoms with Gasteiger partial charge < -0.3 is 4.90 Å². The Bertz CT molecular complexity index is 779. The number of carbonyl (C=O) groups excluding carboxylic acids is 1. The Hall–Kier alpha value is -2.30. The Morgan fingerprint density at radius 2 is 2.00 bits per heavy atom. The van der Waals surface area contributed by atoms with Crippen molar-refractivity contribution in [2.75, 3.05) is 22.9 Å². The summed E-state index contributed by atoms with van der Waals surface area (Å²) >= 11 is 0. The van der Waals surface area contributed by atoms with Gasteiger partial charge >= 0.3 is 0 Å². The Balaban J connectivity index is 1.62. The molecule has 0 unspecified atom stereocenters. The molecule has 0 saturated carbocycles. The van der Waals surface area contributed by atoms with Crippen molar-refractivity contribution in [3.05, 3.63) is 41.1 Å². The van der Waals surface area contributed by atoms with E-state index in [0.29, 0.717) is 0 Å². The molecule has 4 rings (SSSR count). The molecule has 0 radical (unpaired) electrons. The van der Waals surface area contributed by atoms with E-state index in [9.17, 15) is 4.79 Å². The summed E-state index contributed by atoms with van der Waals surface area (Å²) < 4.78 is 1.80. The van der Waals surface area contributed by atoms with Gasteiger partial charge in [-0.15, -0.1) is 0 Å². The minimum atomic E-state index is -0.0479. The Kier molecular flexibility index (Phi) is 3.18. The van der Waals surface area contributed by atoms with Gasteiger partial charge in [-0.05, 0) is 43.9 Å². The molecule has 1 fully saturated rings. The van der Waals surface area contributed by atoms with Gasteiger partial charge in [0.1, 0.15) is 11.9 Å². The highest BCUT2D eigenvalue weighted by Gasteiger charge is 2.39. The molecule has 1 saturated heterocycles. The van der Waals surface area contributed by atoms with Crippen LogP contribution in [0.1, 0.15) is 23.2 Å². The molecule has 0 spiro atoms. The highest BCUT2D eigenvalue weighted by molar-refractivity contribution is 6.01. The van der Waals surface area contributed by atoms with Gasteiger partial charge in [0.2, 0.25) is 0 Å². The van der Waals surface area contributed by atoms with E-state index in [1.807, 2.05) is 24.9 Å². The molecule has 0 bridgehead atoms. The van der Waals surface area contributed by atoms with Gasteiger partial charge in [-0.2, -0.15) is 5.10 Å². The molecule has 5 heteroatoms. The Labute approximate surface area is 136 Å². The summed E-state index contributed by atoms with van der Waals surface area (Å²) in [6.07, 6.45) is 1.90. The molecule has 23 heavy (non-hydrogen) atoms. The van der Waals surface area contributed by atoms with E-state index in [4.69, 9.17) is 0 Å². The SMILES string of the molecule is Cc1ccc2c(c1)N([C@H]1CCN(c3cc(C)nn3C)C1=O)CC2. The van der Waals surface area contributed by atoms with Gasteiger partial charge in [0.25, 0.3) is 5.91 Å². The number of rotatable bonds is 2. The van der Waals surface area contributed by atoms with Crippen LogP contribution in [0.15, 0.2) is 24.3 Å². The highest BCUT2D eigenvalue weighted by Crippen LogP contribution is 2.34. The maximum Gasteiger partial charge on any atom is 0.250 e. The van der Waals surface area contributed by atoms with Crippen LogP contribution in [-0.4, -0.2) is 34.8 Å². The van der Waals surface area contributed by atoms with Crippen LogP contribution in [0.3, 0.4) is 0 Å². The van der Waals surface area contributed by atoms with E-state index in [1.54, 1.807) is 4.68 Å². The van der Waals surface area contributed by atoms with Crippen LogP contribution in [0.4, 0.5) is 11.5 Å². The number of aryl methyl sites for hydroxylation is 3. The topological polar surface area (TPSA) is 41.4 Å². The summed E-state index contributed by atoms with van der Waals surface area (Å²) in [7, 11) is 1.90. The number of nitrogens with zero attached hydrogens (tertiary/aromatic N) is 4. The van der Waals surface area contributed by atoms with Crippen molar-refractivity contribution >= 4 is 17.4 Å². The number of benzene rings is 1. The lowest BCUT2D eigenvalue weighted by molar-refractivity contribution is -0.118. The number of amides is 1. The molecule has 2 aromatic rings. The summed E-state index contributed by atoms with van der Waals surface area (Å²) in [5.41, 5.74) is 4.80. The van der Waals surface area contributed by atoms with Crippen LogP contribution in [0.5, 0.6) is 0 Å². The third kappa shape index (κ3) is 2.22. The van der Waals surface area contributed by atoms with Crippen molar-refractivity contribution in [2.45, 2.75) is 32.7 Å². The van der Waals surface area contributed by atoms with E-state index in [-0.39, 0.29) is 11.9 Å². The molecule has 1 atom stereocenters. The molecule has 3 heterocycles. The fourth-order valence-electron chi connectivity index (χ4n) is 3.87. The summed E-state index contributed by atoms with van der Waals surface area (Å²) in [5, 5.41) is 4.37. The standard InChI is InChI=1S/C18H22N4O/c1-12-4-5-14-6-8-21(16(14)10-12)15-7-9-22(18(15)23)17-11-13(2)19-20(17)3/h4-5,10-11,15H,6-9H2,1-3H3/t15-/m0/s1. The first-order chi connectivity index (χ1) is 11.0. The number of anilines is 2. The molecule has 5 nitrogen and oxygen atoms in total. The quantitative estimate of drug-likeness (QED) is 0.854. The molecular formula is C18H22N4O. The molecule has 120 valence electrons. The average Bonchev–Trinajstić information content (AvgIpc) is 3.16. The molecule has 0 N–H and O–H groups in total. The minimum Gasteiger partial charge on any atom is -0.359 e. The van der Waals surface area contributed by atoms with Crippen molar-refractivity contribution < 1.29 is 4.79 Å². The van der Waals surface area contributed by atoms with Gasteiger partial charge in [-0.1, -0.05) is 12.1 Å². The lowest BCUT2D eigenvalue weighted by Gasteiger charge is -2.26. The zero-order valence-corrected chi connectivity index (χ0v) is 13.9. The molecule has 2 aliphatic heterocycles. The third-order valence-electron chi connectivity index (χ3n) is 4.98. The summed E-state index contributed by atoms with van der Waals surface area (Å²) in [6.45, 7) is 5.77. The van der Waals surface area contributed by atoms with Crippen molar-refractivity contribution in [1.82, 2.24) is 9.78 Å². The van der Waals surface area contributed by atoms with E-state index >= 15 is 0 Å². The maximum atomic E-state index is 13.0. The average molecular weight is 310 g/mol. The van der Waals surface area contributed by atoms with Crippen LogP contribution in [0.25, 0.3) is 0 Å². The number of carbonyl (C=O) groups is 1. The van der Waals surface area contributed by atoms with Crippen LogP contribution >= 0.6 is 0 Å². The summed E-state index contributed by atoms with van der Waals surface area (Å²) in [4.78, 5) is 17.2. The van der Waals surface area contributed by atoms with E-state index in [1.165, 1.54) is 16.8 Å². The van der Waals surface area contributed by atoms with Gasteiger partial charge in [-0.3, -0.25) is 14.4 Å². The largest absolute Gasteiger partial charge is 0.359 e. The monoisotopic (exact) mass is 310 g/mol. The van der Waals surface area contributed by atoms with Crippen molar-refractivity contribution in [2.24, 2.45) is 7.05 Å². The Morgan fingerprint density at radius 1 is 1.17 bits per heavy atom. The van der Waals surface area contributed by atoms with Crippen LogP contribution in [0.2, 0.25) is 0 Å². The predicted octanol–water partition coefficient (Wildman–Crippen LogP) is 2.20. The minimum absolute atomic E-state index is 0.0479. The molecular weight excluding hydrogens is 288 g/mol. The van der Waals surface area contributed by atoms with Crippen LogP contribution in [-0.2, 0) is 18.3 Å². The molecule has 1 aromatic heterocycles. The first kappa shape index (κ1) is 14.3. The van der Waals surface area contributed by atoms with Crippen molar-refractivity contribution in [1.29, 1.82) is 0 Å². The number of aromatic nitrogens is 2. The highest BCUT2D eigenvalue weighted by atomic mass is 16.2. The van der Waals surface area contributed by atoms with Gasteiger partial charge in [0.15, 0.2) is 0 Å². The van der Waals surface area contributed by atoms with E-state index in [0.717, 1.165) is 37.4 Å². The van der Waals surface area contributed by atoms with Crippen LogP contribution < -0.4 is 9.80 Å². The second-order valence-corrected chi connectivity index (χ2v) is 6.64. The second-order valence-electron chi connectivity index (χ2n) is 6.64. The zero-order valence-electron chi connectivity index (χ0n) is 13.9. The lowest BCUT2D eigenvalue weighted by Crippen LogP contribution is -2.41. The van der Waals surface area contributed by atoms with Crippen molar-refractivity contribution in [3.8, 4) is 0 Å². The molecule has 1 amide bonds. The second kappa shape index (κ2) is 5.11.